The average molecular weight is 1250 g/mol. The zero-order valence-corrected chi connectivity index (χ0v) is 53.9. The number of hydrogen-bond acceptors (Lipinski definition) is 18. The lowest BCUT2D eigenvalue weighted by Crippen LogP contribution is -2.66. The molecule has 88 heavy (non-hydrogen) atoms. The molecule has 19 heteroatoms. The normalized spacial score (nSPS) is 28.8. The Morgan fingerprint density at radius 2 is 0.784 bits per heavy atom. The monoisotopic (exact) mass is 1250 g/mol. The molecule has 512 valence electrons. The van der Waals surface area contributed by atoms with Crippen LogP contribution in [0.5, 0.6) is 0 Å². The van der Waals surface area contributed by atoms with E-state index in [-0.39, 0.29) is 18.9 Å². The van der Waals surface area contributed by atoms with Crippen LogP contribution in [-0.4, -0.2) is 193 Å². The lowest BCUT2D eigenvalue weighted by molar-refractivity contribution is -0.379. The molecule has 0 radical (unpaired) electrons. The number of nitrogens with one attached hydrogen (secondary N) is 1. The third-order valence-electron chi connectivity index (χ3n) is 17.1. The Bertz CT molecular complexity index is 1830. The summed E-state index contributed by atoms with van der Waals surface area (Å²) >= 11 is 0. The predicted octanol–water partition coefficient (Wildman–Crippen LogP) is 8.77. The molecule has 17 atom stereocenters. The fraction of sp³-hybridized carbons (Fsp3) is 0.841. The van der Waals surface area contributed by atoms with Crippen molar-refractivity contribution < 1.29 is 89.4 Å². The van der Waals surface area contributed by atoms with Gasteiger partial charge >= 0.3 is 0 Å². The minimum atomic E-state index is -1.97. The summed E-state index contributed by atoms with van der Waals surface area (Å²) in [6.45, 7) is 1.68. The number of unbranched alkanes of at least 4 members (excludes halogenated alkanes) is 26. The second-order valence-electron chi connectivity index (χ2n) is 24.6. The third kappa shape index (κ3) is 32.9. The summed E-state index contributed by atoms with van der Waals surface area (Å²) in [6, 6.07) is -0.889. The predicted molar refractivity (Wildman–Crippen MR) is 342 cm³/mol. The lowest BCUT2D eigenvalue weighted by Gasteiger charge is -2.48. The van der Waals surface area contributed by atoms with Gasteiger partial charge < -0.3 is 89.9 Å². The van der Waals surface area contributed by atoms with Crippen LogP contribution in [-0.2, 0) is 33.2 Å². The van der Waals surface area contributed by atoms with Gasteiger partial charge in [-0.3, -0.25) is 4.79 Å². The fourth-order valence-electron chi connectivity index (χ4n) is 11.5. The van der Waals surface area contributed by atoms with E-state index in [9.17, 15) is 61.0 Å². The van der Waals surface area contributed by atoms with Crippen molar-refractivity contribution in [3.8, 4) is 0 Å². The fourth-order valence-corrected chi connectivity index (χ4v) is 11.5. The largest absolute Gasteiger partial charge is 0.394 e. The Labute approximate surface area is 528 Å². The molecular formula is C69H123NO18. The first kappa shape index (κ1) is 79.7. The smallest absolute Gasteiger partial charge is 0.220 e. The lowest BCUT2D eigenvalue weighted by atomic mass is 9.96. The number of ether oxygens (including phenoxy) is 6. The first-order valence-electron chi connectivity index (χ1n) is 34.5. The van der Waals surface area contributed by atoms with Crippen LogP contribution >= 0.6 is 0 Å². The molecule has 3 fully saturated rings. The number of amides is 1. The molecule has 0 spiro atoms. The third-order valence-corrected chi connectivity index (χ3v) is 17.1. The molecule has 0 saturated carbocycles. The maximum atomic E-state index is 13.4. The molecule has 3 saturated heterocycles. The average Bonchev–Trinajstić information content (AvgIpc) is 2.57. The van der Waals surface area contributed by atoms with Crippen LogP contribution in [0.15, 0.2) is 60.8 Å². The first-order valence-corrected chi connectivity index (χ1v) is 34.5. The van der Waals surface area contributed by atoms with Crippen LogP contribution in [0.25, 0.3) is 0 Å². The van der Waals surface area contributed by atoms with Gasteiger partial charge in [-0.25, -0.2) is 0 Å². The van der Waals surface area contributed by atoms with Crippen molar-refractivity contribution >= 4 is 5.91 Å². The molecule has 0 bridgehead atoms. The number of aliphatic hydroxyl groups excluding tert-OH is 11. The molecule has 3 heterocycles. The zero-order valence-electron chi connectivity index (χ0n) is 53.9. The molecule has 19 nitrogen and oxygen atoms in total. The van der Waals surface area contributed by atoms with Gasteiger partial charge in [-0.1, -0.05) is 235 Å². The van der Waals surface area contributed by atoms with Gasteiger partial charge in [-0.2, -0.15) is 0 Å². The molecule has 3 rings (SSSR count). The highest BCUT2D eigenvalue weighted by molar-refractivity contribution is 5.76. The van der Waals surface area contributed by atoms with Gasteiger partial charge in [0.25, 0.3) is 0 Å². The van der Waals surface area contributed by atoms with Crippen molar-refractivity contribution in [3.63, 3.8) is 0 Å². The maximum Gasteiger partial charge on any atom is 0.220 e. The summed E-state index contributed by atoms with van der Waals surface area (Å²) < 4.78 is 34.4. The van der Waals surface area contributed by atoms with Crippen molar-refractivity contribution in [2.45, 2.75) is 343 Å². The van der Waals surface area contributed by atoms with Crippen LogP contribution in [0.1, 0.15) is 239 Å². The van der Waals surface area contributed by atoms with Crippen molar-refractivity contribution in [2.75, 3.05) is 26.4 Å². The second-order valence-corrected chi connectivity index (χ2v) is 24.6. The Kier molecular flexibility index (Phi) is 46.2. The van der Waals surface area contributed by atoms with Gasteiger partial charge in [0, 0.05) is 6.42 Å². The van der Waals surface area contributed by atoms with Crippen molar-refractivity contribution in [1.29, 1.82) is 0 Å². The number of hydrogen-bond donors (Lipinski definition) is 12. The van der Waals surface area contributed by atoms with E-state index in [0.29, 0.717) is 12.8 Å². The Morgan fingerprint density at radius 3 is 1.23 bits per heavy atom. The summed E-state index contributed by atoms with van der Waals surface area (Å²) in [6.07, 6.45) is 34.4. The SMILES string of the molecule is CC/C=C\C/C=C\C/C=C\C/C=C\C/C=C\CCCCCCCCCCCCCCCC(=O)NC(COC1OC(CO)C(OC2OC(CO)C(OC3OC(CO)C(O)C(O)C3O)C(O)C2O)C(O)C1O)C(O)CCCCCCCCCCCCCCCC. The number of allylic oxidation sites excluding steroid dienone is 10. The molecule has 0 aromatic heterocycles. The minimum absolute atomic E-state index is 0.245. The van der Waals surface area contributed by atoms with Crippen LogP contribution in [0.4, 0.5) is 0 Å². The Balaban J connectivity index is 1.39. The Morgan fingerprint density at radius 1 is 0.420 bits per heavy atom. The summed E-state index contributed by atoms with van der Waals surface area (Å²) in [5.41, 5.74) is 0. The van der Waals surface area contributed by atoms with E-state index >= 15 is 0 Å². The molecule has 1 amide bonds. The van der Waals surface area contributed by atoms with Gasteiger partial charge in [-0.05, 0) is 57.8 Å². The number of carbonyl (C=O) groups is 1. The van der Waals surface area contributed by atoms with E-state index < -0.39 is 124 Å². The summed E-state index contributed by atoms with van der Waals surface area (Å²) in [7, 11) is 0. The van der Waals surface area contributed by atoms with E-state index in [1.807, 2.05) is 0 Å². The molecule has 12 N–H and O–H groups in total. The zero-order chi connectivity index (χ0) is 64.0. The van der Waals surface area contributed by atoms with Crippen LogP contribution in [0, 0.1) is 0 Å². The van der Waals surface area contributed by atoms with Crippen molar-refractivity contribution in [3.05, 3.63) is 60.8 Å². The van der Waals surface area contributed by atoms with Crippen molar-refractivity contribution in [2.24, 2.45) is 0 Å². The van der Waals surface area contributed by atoms with Crippen LogP contribution in [0.3, 0.4) is 0 Å². The second kappa shape index (κ2) is 51.0. The molecule has 0 aliphatic carbocycles. The van der Waals surface area contributed by atoms with E-state index in [1.165, 1.54) is 122 Å². The quantitative estimate of drug-likeness (QED) is 0.0200. The molecule has 17 unspecified atom stereocenters. The molecule has 0 aromatic carbocycles. The summed E-state index contributed by atoms with van der Waals surface area (Å²) in [4.78, 5) is 13.4. The van der Waals surface area contributed by atoms with Gasteiger partial charge in [0.15, 0.2) is 18.9 Å². The number of carbonyl (C=O) groups excluding carboxylic acids is 1. The molecule has 0 aromatic rings. The van der Waals surface area contributed by atoms with Gasteiger partial charge in [0.2, 0.25) is 5.91 Å². The molecule has 3 aliphatic rings. The van der Waals surface area contributed by atoms with Gasteiger partial charge in [-0.15, -0.1) is 0 Å². The highest BCUT2D eigenvalue weighted by Crippen LogP contribution is 2.33. The first-order chi connectivity index (χ1) is 42.8. The summed E-state index contributed by atoms with van der Waals surface area (Å²) in [5, 5.41) is 121. The maximum absolute atomic E-state index is 13.4. The topological polar surface area (TPSA) is 307 Å². The van der Waals surface area contributed by atoms with Gasteiger partial charge in [0.1, 0.15) is 73.2 Å². The van der Waals surface area contributed by atoms with Crippen LogP contribution in [0.2, 0.25) is 0 Å². The number of aliphatic hydroxyl groups is 11. The standard InChI is InChI=1S/C69H123NO18/c1-3-5-7-9-11-13-15-17-19-20-21-22-23-24-25-26-27-28-29-30-31-32-33-35-37-39-41-43-45-47-57(75)70-52(53(74)46-44-42-40-38-36-34-18-16-14-12-10-8-6-4-2)51-83-67-63(81)60(78)65(55(49-72)85-67)88-69-64(82)61(79)66(56(50-73)86-69)87-68-62(80)59(77)58(76)54(48-71)84-68/h5,7,11,13,17,19,21-22,24-25,52-56,58-69,71-74,76-82H,3-4,6,8-10,12,14-16,18,20,23,26-51H2,1-2H3,(H,70,75)/b7-5-,13-11-,19-17-,22-21-,25-24-. The Hall–Kier alpha value is -2.51. The van der Waals surface area contributed by atoms with E-state index in [2.05, 4.69) is 79.9 Å². The van der Waals surface area contributed by atoms with E-state index in [4.69, 9.17) is 28.4 Å². The minimum Gasteiger partial charge on any atom is -0.394 e. The van der Waals surface area contributed by atoms with Gasteiger partial charge in [0.05, 0.1) is 38.6 Å². The highest BCUT2D eigenvalue weighted by Gasteiger charge is 2.53. The number of rotatable bonds is 52. The van der Waals surface area contributed by atoms with Crippen molar-refractivity contribution in [1.82, 2.24) is 5.32 Å². The van der Waals surface area contributed by atoms with E-state index in [0.717, 1.165) is 83.5 Å². The molecular weight excluding hydrogens is 1130 g/mol. The highest BCUT2D eigenvalue weighted by atomic mass is 16.8. The van der Waals surface area contributed by atoms with E-state index in [1.54, 1.807) is 0 Å². The molecule has 3 aliphatic heterocycles. The van der Waals surface area contributed by atoms with Crippen LogP contribution < -0.4 is 5.32 Å². The summed E-state index contributed by atoms with van der Waals surface area (Å²) in [5.74, 6) is -0.245.